The number of hydrogen-bond donors (Lipinski definition) is 0. The first-order valence-electron chi connectivity index (χ1n) is 9.87. The van der Waals surface area contributed by atoms with E-state index in [4.69, 9.17) is 14.1 Å². The fourth-order valence-corrected chi connectivity index (χ4v) is 3.09. The lowest BCUT2D eigenvalue weighted by atomic mass is 10.1. The summed E-state index contributed by atoms with van der Waals surface area (Å²) >= 11 is 0. The Hall–Kier alpha value is -3.55. The maximum Gasteiger partial charge on any atom is 0.339 e. The zero-order valence-corrected chi connectivity index (χ0v) is 17.4. The molecule has 0 aliphatic carbocycles. The number of esters is 1. The predicted octanol–water partition coefficient (Wildman–Crippen LogP) is 4.54. The fourth-order valence-electron chi connectivity index (χ4n) is 3.09. The summed E-state index contributed by atoms with van der Waals surface area (Å²) in [5, 5.41) is 13.0. The van der Waals surface area contributed by atoms with Crippen molar-refractivity contribution in [2.45, 2.75) is 46.3 Å². The summed E-state index contributed by atoms with van der Waals surface area (Å²) in [6, 6.07) is 11.3. The summed E-state index contributed by atoms with van der Waals surface area (Å²) in [4.78, 5) is 17.6. The van der Waals surface area contributed by atoms with Crippen LogP contribution in [0.4, 0.5) is 0 Å². The van der Waals surface area contributed by atoms with Gasteiger partial charge in [0.1, 0.15) is 0 Å². The molecule has 4 aromatic rings. The van der Waals surface area contributed by atoms with Crippen LogP contribution >= 0.6 is 0 Å². The molecule has 4 rings (SSSR count). The van der Waals surface area contributed by atoms with Crippen molar-refractivity contribution in [1.82, 2.24) is 25.0 Å². The van der Waals surface area contributed by atoms with Crippen LogP contribution in [0.2, 0.25) is 0 Å². The van der Waals surface area contributed by atoms with E-state index in [-0.39, 0.29) is 24.5 Å². The van der Waals surface area contributed by atoms with Crippen LogP contribution in [0.25, 0.3) is 22.5 Å². The highest BCUT2D eigenvalue weighted by molar-refractivity contribution is 6.02. The summed E-state index contributed by atoms with van der Waals surface area (Å²) in [5.74, 6) is 0.288. The summed E-state index contributed by atoms with van der Waals surface area (Å²) < 4.78 is 12.9. The lowest BCUT2D eigenvalue weighted by Gasteiger charge is -2.11. The fraction of sp³-hybridized carbons (Fsp3) is 0.318. The van der Waals surface area contributed by atoms with E-state index in [1.54, 1.807) is 12.3 Å². The minimum atomic E-state index is -0.480. The highest BCUT2D eigenvalue weighted by Gasteiger charge is 2.20. The number of aromatic nitrogens is 5. The molecule has 0 bridgehead atoms. The summed E-state index contributed by atoms with van der Waals surface area (Å²) in [7, 11) is 0. The Morgan fingerprint density at radius 3 is 2.60 bits per heavy atom. The Morgan fingerprint density at radius 1 is 1.13 bits per heavy atom. The first kappa shape index (κ1) is 19.8. The SMILES string of the molecule is CC(C)c1cc(C(=O)OCc2nnc(-c3ccccc3)o2)c2cnn(C(C)C)c2n1. The van der Waals surface area contributed by atoms with Crippen LogP contribution in [0.5, 0.6) is 0 Å². The summed E-state index contributed by atoms with van der Waals surface area (Å²) in [6.07, 6.45) is 1.66. The van der Waals surface area contributed by atoms with Gasteiger partial charge in [-0.15, -0.1) is 10.2 Å². The van der Waals surface area contributed by atoms with Crippen LogP contribution in [0.3, 0.4) is 0 Å². The van der Waals surface area contributed by atoms with Gasteiger partial charge < -0.3 is 9.15 Å². The molecule has 0 aliphatic rings. The van der Waals surface area contributed by atoms with E-state index in [0.29, 0.717) is 22.5 Å². The Kier molecular flexibility index (Phi) is 5.31. The number of benzene rings is 1. The minimum absolute atomic E-state index is 0.113. The van der Waals surface area contributed by atoms with Gasteiger partial charge in [0.05, 0.1) is 17.1 Å². The van der Waals surface area contributed by atoms with Crippen LogP contribution in [0.1, 0.15) is 61.6 Å². The number of pyridine rings is 1. The van der Waals surface area contributed by atoms with Crippen molar-refractivity contribution in [3.8, 4) is 11.5 Å². The maximum atomic E-state index is 12.9. The second kappa shape index (κ2) is 8.06. The van der Waals surface area contributed by atoms with Gasteiger partial charge in [0.25, 0.3) is 5.89 Å². The third kappa shape index (κ3) is 3.80. The molecular formula is C22H23N5O3. The normalized spacial score (nSPS) is 11.5. The Labute approximate surface area is 173 Å². The second-order valence-corrected chi connectivity index (χ2v) is 7.61. The first-order valence-corrected chi connectivity index (χ1v) is 9.87. The van der Waals surface area contributed by atoms with Crippen LogP contribution in [0, 0.1) is 0 Å². The van der Waals surface area contributed by atoms with Crippen molar-refractivity contribution < 1.29 is 13.9 Å². The van der Waals surface area contributed by atoms with Gasteiger partial charge in [-0.25, -0.2) is 14.5 Å². The maximum absolute atomic E-state index is 12.9. The molecule has 0 N–H and O–H groups in total. The van der Waals surface area contributed by atoms with Crippen molar-refractivity contribution in [3.05, 3.63) is 59.7 Å². The van der Waals surface area contributed by atoms with E-state index in [1.807, 2.05) is 62.7 Å². The molecule has 1 aromatic carbocycles. The van der Waals surface area contributed by atoms with Crippen molar-refractivity contribution in [2.24, 2.45) is 0 Å². The van der Waals surface area contributed by atoms with Crippen molar-refractivity contribution in [3.63, 3.8) is 0 Å². The van der Waals surface area contributed by atoms with Gasteiger partial charge in [0.2, 0.25) is 5.89 Å². The monoisotopic (exact) mass is 405 g/mol. The lowest BCUT2D eigenvalue weighted by Crippen LogP contribution is -2.10. The molecule has 3 aromatic heterocycles. The van der Waals surface area contributed by atoms with Gasteiger partial charge in [0.15, 0.2) is 12.3 Å². The van der Waals surface area contributed by atoms with Crippen molar-refractivity contribution in [1.29, 1.82) is 0 Å². The highest BCUT2D eigenvalue weighted by atomic mass is 16.5. The van der Waals surface area contributed by atoms with E-state index in [0.717, 1.165) is 11.3 Å². The summed E-state index contributed by atoms with van der Waals surface area (Å²) in [6.45, 7) is 7.99. The standard InChI is InChI=1S/C22H23N5O3/c1-13(2)18-10-16(17-11-23-27(14(3)4)20(17)24-18)22(28)29-12-19-25-26-21(30-19)15-8-6-5-7-9-15/h5-11,13-14H,12H2,1-4H3. The van der Waals surface area contributed by atoms with E-state index in [9.17, 15) is 4.79 Å². The van der Waals surface area contributed by atoms with Gasteiger partial charge in [-0.3, -0.25) is 0 Å². The molecule has 0 aliphatic heterocycles. The van der Waals surface area contributed by atoms with Crippen molar-refractivity contribution >= 4 is 17.0 Å². The molecule has 8 nitrogen and oxygen atoms in total. The molecule has 0 amide bonds. The van der Waals surface area contributed by atoms with Crippen LogP contribution in [-0.2, 0) is 11.3 Å². The third-order valence-electron chi connectivity index (χ3n) is 4.70. The van der Waals surface area contributed by atoms with Gasteiger partial charge in [-0.05, 0) is 38.0 Å². The molecule has 30 heavy (non-hydrogen) atoms. The quantitative estimate of drug-likeness (QED) is 0.434. The lowest BCUT2D eigenvalue weighted by molar-refractivity contribution is 0.0441. The molecule has 154 valence electrons. The zero-order chi connectivity index (χ0) is 21.3. The molecule has 0 atom stereocenters. The van der Waals surface area contributed by atoms with Crippen LogP contribution in [-0.4, -0.2) is 30.9 Å². The summed E-state index contributed by atoms with van der Waals surface area (Å²) in [5.41, 5.74) is 2.72. The van der Waals surface area contributed by atoms with Gasteiger partial charge in [-0.1, -0.05) is 32.0 Å². The first-order chi connectivity index (χ1) is 14.4. The zero-order valence-electron chi connectivity index (χ0n) is 17.4. The smallest absolute Gasteiger partial charge is 0.339 e. The molecule has 0 radical (unpaired) electrons. The molecule has 0 unspecified atom stereocenters. The highest BCUT2D eigenvalue weighted by Crippen LogP contribution is 2.25. The van der Waals surface area contributed by atoms with Crippen molar-refractivity contribution in [2.75, 3.05) is 0 Å². The third-order valence-corrected chi connectivity index (χ3v) is 4.70. The van der Waals surface area contributed by atoms with E-state index < -0.39 is 5.97 Å². The van der Waals surface area contributed by atoms with Gasteiger partial charge >= 0.3 is 5.97 Å². The van der Waals surface area contributed by atoms with Crippen LogP contribution in [0.15, 0.2) is 47.0 Å². The number of rotatable bonds is 6. The predicted molar refractivity (Wildman–Crippen MR) is 111 cm³/mol. The molecule has 0 saturated carbocycles. The molecule has 0 fully saturated rings. The Morgan fingerprint density at radius 2 is 1.90 bits per heavy atom. The average molecular weight is 405 g/mol. The molecule has 3 heterocycles. The van der Waals surface area contributed by atoms with Crippen LogP contribution < -0.4 is 0 Å². The van der Waals surface area contributed by atoms with E-state index in [1.165, 1.54) is 0 Å². The molecule has 0 saturated heterocycles. The Bertz CT molecular complexity index is 1180. The molecule has 0 spiro atoms. The van der Waals surface area contributed by atoms with E-state index >= 15 is 0 Å². The number of fused-ring (bicyclic) bond motifs is 1. The molecule has 8 heteroatoms. The largest absolute Gasteiger partial charge is 0.452 e. The number of hydrogen-bond acceptors (Lipinski definition) is 7. The number of carbonyl (C=O) groups excluding carboxylic acids is 1. The molecular weight excluding hydrogens is 382 g/mol. The Balaban J connectivity index is 1.58. The number of ether oxygens (including phenoxy) is 1. The van der Waals surface area contributed by atoms with Gasteiger partial charge in [-0.2, -0.15) is 5.10 Å². The minimum Gasteiger partial charge on any atom is -0.452 e. The average Bonchev–Trinajstić information content (AvgIpc) is 3.39. The second-order valence-electron chi connectivity index (χ2n) is 7.61. The number of nitrogens with zero attached hydrogens (tertiary/aromatic N) is 5. The van der Waals surface area contributed by atoms with Gasteiger partial charge in [0, 0.05) is 17.3 Å². The van der Waals surface area contributed by atoms with E-state index in [2.05, 4.69) is 15.3 Å². The topological polar surface area (TPSA) is 95.9 Å². The number of carbonyl (C=O) groups is 1.